The second-order valence-electron chi connectivity index (χ2n) is 11.6. The minimum Gasteiger partial charge on any atom is -0.456 e. The van der Waals surface area contributed by atoms with Crippen molar-refractivity contribution >= 4 is 54.5 Å². The summed E-state index contributed by atoms with van der Waals surface area (Å²) in [5.41, 5.74) is 5.19. The first-order valence-corrected chi connectivity index (χ1v) is 15.5. The van der Waals surface area contributed by atoms with Crippen LogP contribution in [0.5, 0.6) is 0 Å². The maximum Gasteiger partial charge on any atom is 0.145 e. The Morgan fingerprint density at radius 2 is 1.19 bits per heavy atom. The van der Waals surface area contributed by atoms with Crippen LogP contribution in [0, 0.1) is 0 Å². The van der Waals surface area contributed by atoms with Crippen LogP contribution >= 0.6 is 0 Å². The first-order valence-electron chi connectivity index (χ1n) is 20.5. The van der Waals surface area contributed by atoms with Gasteiger partial charge in [-0.2, -0.15) is 0 Å². The van der Waals surface area contributed by atoms with Crippen molar-refractivity contribution in [3.63, 3.8) is 0 Å². The van der Waals surface area contributed by atoms with E-state index in [1.54, 1.807) is 6.07 Å². The van der Waals surface area contributed by atoms with Gasteiger partial charge in [-0.1, -0.05) is 139 Å². The normalized spacial score (nSPS) is 14.7. The van der Waals surface area contributed by atoms with Crippen LogP contribution in [0.4, 0.5) is 0 Å². The molecule has 0 aliphatic carbocycles. The molecule has 2 aromatic heterocycles. The largest absolute Gasteiger partial charge is 0.456 e. The Balaban J connectivity index is 1.43. The molecule has 0 unspecified atom stereocenters. The summed E-state index contributed by atoms with van der Waals surface area (Å²) in [7, 11) is 0. The number of fused-ring (bicyclic) bond motifs is 6. The fourth-order valence-corrected chi connectivity index (χ4v) is 7.00. The molecule has 0 aliphatic heterocycles. The van der Waals surface area contributed by atoms with Crippen molar-refractivity contribution in [2.45, 2.75) is 0 Å². The highest BCUT2D eigenvalue weighted by atomic mass is 16.3. The first kappa shape index (κ1) is 18.6. The van der Waals surface area contributed by atoms with Gasteiger partial charge in [0.15, 0.2) is 0 Å². The Morgan fingerprint density at radius 3 is 2.02 bits per heavy atom. The van der Waals surface area contributed by atoms with Crippen LogP contribution in [0.25, 0.3) is 93.8 Å². The van der Waals surface area contributed by atoms with E-state index in [-0.39, 0.29) is 29.0 Å². The van der Waals surface area contributed by atoms with Crippen LogP contribution in [-0.2, 0) is 0 Å². The van der Waals surface area contributed by atoms with Crippen LogP contribution in [0.15, 0.2) is 174 Å². The molecule has 3 nitrogen and oxygen atoms in total. The standard InChI is InChI=1S/C45H28N2O/c1-3-14-29(15-4-1)31-26-27-34-37(28-31)42(36-21-13-25-41-43(36)35-20-9-12-24-40(35)48-41)32-18-7-8-19-33(32)44(34)47-39-23-11-10-22-38(39)46-45(47)30-16-5-2-6-17-30/h1-28H/i1D,2D,3D,4D,5D,6D,14D,15D,16D,17D. The monoisotopic (exact) mass is 622 g/mol. The van der Waals surface area contributed by atoms with E-state index in [1.165, 1.54) is 0 Å². The molecule has 0 amide bonds. The molecule has 48 heavy (non-hydrogen) atoms. The Kier molecular flexibility index (Phi) is 4.09. The highest BCUT2D eigenvalue weighted by Gasteiger charge is 2.23. The van der Waals surface area contributed by atoms with Gasteiger partial charge < -0.3 is 4.42 Å². The molecular weight excluding hydrogens is 585 g/mol. The lowest BCUT2D eigenvalue weighted by molar-refractivity contribution is 0.669. The van der Waals surface area contributed by atoms with Crippen LogP contribution in [-0.4, -0.2) is 9.55 Å². The summed E-state index contributed by atoms with van der Waals surface area (Å²) in [5.74, 6) is 0.148. The zero-order valence-electron chi connectivity index (χ0n) is 35.2. The predicted octanol–water partition coefficient (Wildman–Crippen LogP) is 12.2. The summed E-state index contributed by atoms with van der Waals surface area (Å²) < 4.78 is 94.6. The summed E-state index contributed by atoms with van der Waals surface area (Å²) in [5, 5.41) is 4.68. The Hall–Kier alpha value is -6.45. The van der Waals surface area contributed by atoms with E-state index < -0.39 is 48.3 Å². The average Bonchev–Trinajstić information content (AvgIpc) is 3.81. The molecule has 8 aromatic carbocycles. The highest BCUT2D eigenvalue weighted by molar-refractivity contribution is 6.24. The summed E-state index contributed by atoms with van der Waals surface area (Å²) in [4.78, 5) is 4.94. The zero-order chi connectivity index (χ0) is 40.3. The van der Waals surface area contributed by atoms with Crippen molar-refractivity contribution in [1.82, 2.24) is 9.55 Å². The molecule has 10 aromatic rings. The fourth-order valence-electron chi connectivity index (χ4n) is 7.00. The third-order valence-electron chi connectivity index (χ3n) is 8.96. The van der Waals surface area contributed by atoms with Gasteiger partial charge in [0.25, 0.3) is 0 Å². The van der Waals surface area contributed by atoms with Gasteiger partial charge in [-0.3, -0.25) is 4.57 Å². The number of hydrogen-bond donors (Lipinski definition) is 0. The second-order valence-corrected chi connectivity index (χ2v) is 11.6. The fraction of sp³-hybridized carbons (Fsp3) is 0. The molecule has 2 heterocycles. The Labute approximate surface area is 291 Å². The number of rotatable bonds is 4. The molecule has 0 N–H and O–H groups in total. The second kappa shape index (κ2) is 10.5. The molecule has 0 saturated heterocycles. The van der Waals surface area contributed by atoms with E-state index in [9.17, 15) is 0 Å². The number of furan rings is 1. The molecule has 10 rings (SSSR count). The molecule has 0 radical (unpaired) electrons. The number of nitrogens with zero attached hydrogens (tertiary/aromatic N) is 2. The van der Waals surface area contributed by atoms with Gasteiger partial charge in [0.05, 0.1) is 30.4 Å². The van der Waals surface area contributed by atoms with Crippen molar-refractivity contribution in [2.24, 2.45) is 0 Å². The lowest BCUT2D eigenvalue weighted by atomic mass is 9.87. The first-order chi connectivity index (χ1) is 28.0. The maximum atomic E-state index is 9.00. The average molecular weight is 623 g/mol. The number of para-hydroxylation sites is 3. The van der Waals surface area contributed by atoms with Crippen molar-refractivity contribution in [1.29, 1.82) is 0 Å². The van der Waals surface area contributed by atoms with Crippen molar-refractivity contribution in [3.8, 4) is 39.3 Å². The lowest BCUT2D eigenvalue weighted by Crippen LogP contribution is -2.02. The van der Waals surface area contributed by atoms with E-state index in [0.29, 0.717) is 44.2 Å². The molecule has 0 spiro atoms. The van der Waals surface area contributed by atoms with Crippen molar-refractivity contribution in [3.05, 3.63) is 170 Å². The quantitative estimate of drug-likeness (QED) is 0.183. The van der Waals surface area contributed by atoms with Crippen molar-refractivity contribution < 1.29 is 18.1 Å². The van der Waals surface area contributed by atoms with Crippen molar-refractivity contribution in [2.75, 3.05) is 0 Å². The molecule has 3 heteroatoms. The summed E-state index contributed by atoms with van der Waals surface area (Å²) in [6, 6.07) is 29.9. The molecule has 0 aliphatic rings. The zero-order valence-corrected chi connectivity index (χ0v) is 25.2. The number of benzene rings is 8. The van der Waals surface area contributed by atoms with Gasteiger partial charge >= 0.3 is 0 Å². The SMILES string of the molecule is [2H]c1c([2H])c([2H])c(-c2ccc3c(-n4c(-c5c([2H])c([2H])c([2H])c([2H])c5[2H])nc5ccccc54)c4ccccc4c(-c4cccc5oc6ccccc6c45)c3c2)c([2H])c1[2H]. The van der Waals surface area contributed by atoms with E-state index in [1.807, 2.05) is 108 Å². The molecule has 0 fully saturated rings. The van der Waals surface area contributed by atoms with Crippen LogP contribution in [0.1, 0.15) is 13.7 Å². The van der Waals surface area contributed by atoms with Crippen LogP contribution in [0.2, 0.25) is 0 Å². The smallest absolute Gasteiger partial charge is 0.145 e. The number of imidazole rings is 1. The maximum absolute atomic E-state index is 9.00. The van der Waals surface area contributed by atoms with E-state index in [2.05, 4.69) is 0 Å². The Morgan fingerprint density at radius 1 is 0.521 bits per heavy atom. The number of hydrogen-bond acceptors (Lipinski definition) is 2. The minimum atomic E-state index is -0.511. The van der Waals surface area contributed by atoms with Crippen LogP contribution < -0.4 is 0 Å². The van der Waals surface area contributed by atoms with Gasteiger partial charge in [0.1, 0.15) is 17.0 Å². The summed E-state index contributed by atoms with van der Waals surface area (Å²) >= 11 is 0. The predicted molar refractivity (Wildman–Crippen MR) is 200 cm³/mol. The minimum absolute atomic E-state index is 0.0495. The van der Waals surface area contributed by atoms with Crippen LogP contribution in [0.3, 0.4) is 0 Å². The van der Waals surface area contributed by atoms with E-state index >= 15 is 0 Å². The van der Waals surface area contributed by atoms with Gasteiger partial charge in [0, 0.05) is 27.1 Å². The summed E-state index contributed by atoms with van der Waals surface area (Å²) in [6.07, 6.45) is 0. The number of aromatic nitrogens is 2. The third kappa shape index (κ3) is 3.98. The molecular formula is C45H28N2O. The van der Waals surface area contributed by atoms with Gasteiger partial charge in [0.2, 0.25) is 0 Å². The van der Waals surface area contributed by atoms with Gasteiger partial charge in [-0.25, -0.2) is 4.98 Å². The Bertz CT molecular complexity index is 3370. The van der Waals surface area contributed by atoms with Gasteiger partial charge in [-0.05, 0) is 63.4 Å². The topological polar surface area (TPSA) is 31.0 Å². The van der Waals surface area contributed by atoms with E-state index in [4.69, 9.17) is 23.1 Å². The molecule has 0 atom stereocenters. The molecule has 0 saturated carbocycles. The van der Waals surface area contributed by atoms with E-state index in [0.717, 1.165) is 32.7 Å². The highest BCUT2D eigenvalue weighted by Crippen LogP contribution is 2.47. The molecule has 224 valence electrons. The molecule has 0 bridgehead atoms. The summed E-state index contributed by atoms with van der Waals surface area (Å²) in [6.45, 7) is 0. The third-order valence-corrected chi connectivity index (χ3v) is 8.96. The lowest BCUT2D eigenvalue weighted by Gasteiger charge is -2.21. The van der Waals surface area contributed by atoms with Gasteiger partial charge in [-0.15, -0.1) is 0 Å².